The molecule has 0 aliphatic heterocycles. The third-order valence-corrected chi connectivity index (χ3v) is 12.3. The van der Waals surface area contributed by atoms with Gasteiger partial charge in [-0.15, -0.1) is 0 Å². The molecule has 0 spiro atoms. The molecule has 0 N–H and O–H groups in total. The van der Waals surface area contributed by atoms with Crippen LogP contribution >= 0.6 is 0 Å². The second kappa shape index (κ2) is 48.4. The molecular weight excluding hydrogens is 745 g/mol. The number of ether oxygens (including phenoxy) is 3. The summed E-state index contributed by atoms with van der Waals surface area (Å²) in [5, 5.41) is 0. The second-order valence-corrected chi connectivity index (χ2v) is 19.0. The van der Waals surface area contributed by atoms with E-state index in [1.807, 2.05) is 0 Å². The van der Waals surface area contributed by atoms with Gasteiger partial charge in [0.15, 0.2) is 6.10 Å². The third kappa shape index (κ3) is 47.5. The highest BCUT2D eigenvalue weighted by Gasteiger charge is 2.19. The molecule has 0 unspecified atom stereocenters. The molecule has 0 aliphatic rings. The molecule has 1 atom stereocenters. The van der Waals surface area contributed by atoms with Gasteiger partial charge >= 0.3 is 17.9 Å². The molecule has 0 radical (unpaired) electrons. The Hall–Kier alpha value is -1.59. The van der Waals surface area contributed by atoms with Crippen molar-refractivity contribution in [3.63, 3.8) is 0 Å². The van der Waals surface area contributed by atoms with Crippen LogP contribution in [0.5, 0.6) is 0 Å². The molecule has 6 heteroatoms. The Kier molecular flexibility index (Phi) is 47.2. The molecule has 0 fully saturated rings. The van der Waals surface area contributed by atoms with Gasteiger partial charge in [0.05, 0.1) is 0 Å². The summed E-state index contributed by atoms with van der Waals surface area (Å²) in [6.45, 7) is 9.03. The van der Waals surface area contributed by atoms with E-state index in [0.29, 0.717) is 19.3 Å². The summed E-state index contributed by atoms with van der Waals surface area (Å²) in [7, 11) is 0. The standard InChI is InChI=1S/C54H104O6/c1-5-7-9-11-13-15-16-17-18-19-23-26-30-34-38-42-46-53(56)59-49-51(48-58-52(55)45-41-37-33-28-14-12-10-8-6-2)60-54(57)47-43-39-35-31-27-24-21-20-22-25-29-32-36-40-44-50(3)4/h50-51H,5-49H2,1-4H3/t51-/m0/s1. The van der Waals surface area contributed by atoms with Gasteiger partial charge in [-0.25, -0.2) is 0 Å². The first kappa shape index (κ1) is 58.4. The summed E-state index contributed by atoms with van der Waals surface area (Å²) in [6, 6.07) is 0. The minimum absolute atomic E-state index is 0.0625. The maximum atomic E-state index is 12.8. The van der Waals surface area contributed by atoms with Gasteiger partial charge in [-0.3, -0.25) is 14.4 Å². The van der Waals surface area contributed by atoms with E-state index in [2.05, 4.69) is 27.7 Å². The first-order chi connectivity index (χ1) is 29.4. The Morgan fingerprint density at radius 2 is 0.550 bits per heavy atom. The first-order valence-electron chi connectivity index (χ1n) is 26.9. The van der Waals surface area contributed by atoms with Crippen LogP contribution < -0.4 is 0 Å². The molecule has 356 valence electrons. The third-order valence-electron chi connectivity index (χ3n) is 12.3. The van der Waals surface area contributed by atoms with Gasteiger partial charge in [0.1, 0.15) is 13.2 Å². The molecule has 0 aromatic rings. The normalized spacial score (nSPS) is 11.9. The molecule has 0 rings (SSSR count). The Morgan fingerprint density at radius 3 is 0.817 bits per heavy atom. The van der Waals surface area contributed by atoms with Crippen molar-refractivity contribution in [3.05, 3.63) is 0 Å². The van der Waals surface area contributed by atoms with E-state index in [1.165, 1.54) is 199 Å². The lowest BCUT2D eigenvalue weighted by atomic mass is 10.0. The van der Waals surface area contributed by atoms with Gasteiger partial charge in [0.2, 0.25) is 0 Å². The first-order valence-corrected chi connectivity index (χ1v) is 26.9. The quantitative estimate of drug-likeness (QED) is 0.0345. The number of rotatable bonds is 49. The minimum atomic E-state index is -0.760. The van der Waals surface area contributed by atoms with Gasteiger partial charge < -0.3 is 14.2 Å². The molecular formula is C54H104O6. The molecule has 0 heterocycles. The minimum Gasteiger partial charge on any atom is -0.462 e. The van der Waals surface area contributed by atoms with Crippen LogP contribution in [-0.4, -0.2) is 37.2 Å². The van der Waals surface area contributed by atoms with Crippen molar-refractivity contribution in [2.75, 3.05) is 13.2 Å². The van der Waals surface area contributed by atoms with Gasteiger partial charge in [-0.05, 0) is 25.2 Å². The van der Waals surface area contributed by atoms with E-state index in [4.69, 9.17) is 14.2 Å². The average Bonchev–Trinajstić information content (AvgIpc) is 3.23. The van der Waals surface area contributed by atoms with Gasteiger partial charge in [-0.2, -0.15) is 0 Å². The van der Waals surface area contributed by atoms with E-state index in [-0.39, 0.29) is 31.1 Å². The SMILES string of the molecule is CCCCCCCCCCCCCCCCCCC(=O)OC[C@H](COC(=O)CCCCCCCCCCC)OC(=O)CCCCCCCCCCCCCCCCC(C)C. The van der Waals surface area contributed by atoms with Crippen LogP contribution in [-0.2, 0) is 28.6 Å². The van der Waals surface area contributed by atoms with Crippen molar-refractivity contribution in [1.29, 1.82) is 0 Å². The van der Waals surface area contributed by atoms with Crippen molar-refractivity contribution in [2.45, 2.75) is 310 Å². The van der Waals surface area contributed by atoms with E-state index in [9.17, 15) is 14.4 Å². The van der Waals surface area contributed by atoms with Crippen molar-refractivity contribution in [1.82, 2.24) is 0 Å². The largest absolute Gasteiger partial charge is 0.462 e. The summed E-state index contributed by atoms with van der Waals surface area (Å²) < 4.78 is 16.8. The summed E-state index contributed by atoms with van der Waals surface area (Å²) in [5.74, 6) is -0.000257. The Morgan fingerprint density at radius 1 is 0.317 bits per heavy atom. The number of hydrogen-bond acceptors (Lipinski definition) is 6. The molecule has 0 saturated carbocycles. The average molecular weight is 849 g/mol. The van der Waals surface area contributed by atoms with E-state index in [1.54, 1.807) is 0 Å². The predicted octanol–water partition coefficient (Wildman–Crippen LogP) is 17.5. The lowest BCUT2D eigenvalue weighted by molar-refractivity contribution is -0.167. The number of esters is 3. The van der Waals surface area contributed by atoms with E-state index in [0.717, 1.165) is 63.7 Å². The van der Waals surface area contributed by atoms with E-state index < -0.39 is 6.10 Å². The van der Waals surface area contributed by atoms with Crippen molar-refractivity contribution in [2.24, 2.45) is 5.92 Å². The van der Waals surface area contributed by atoms with Crippen molar-refractivity contribution in [3.8, 4) is 0 Å². The van der Waals surface area contributed by atoms with Gasteiger partial charge in [-0.1, -0.05) is 265 Å². The zero-order chi connectivity index (χ0) is 43.8. The number of carbonyl (C=O) groups is 3. The van der Waals surface area contributed by atoms with Crippen LogP contribution in [0.3, 0.4) is 0 Å². The molecule has 0 amide bonds. The predicted molar refractivity (Wildman–Crippen MR) is 257 cm³/mol. The molecule has 0 aliphatic carbocycles. The summed E-state index contributed by atoms with van der Waals surface area (Å²) in [4.78, 5) is 37.9. The Labute approximate surface area is 374 Å². The molecule has 60 heavy (non-hydrogen) atoms. The number of unbranched alkanes of at least 4 members (excludes halogenated alkanes) is 36. The maximum Gasteiger partial charge on any atom is 0.306 e. The molecule has 0 bridgehead atoms. The van der Waals surface area contributed by atoms with Crippen LogP contribution in [0.15, 0.2) is 0 Å². The fourth-order valence-corrected chi connectivity index (χ4v) is 8.22. The topological polar surface area (TPSA) is 78.9 Å². The maximum absolute atomic E-state index is 12.8. The van der Waals surface area contributed by atoms with Crippen LogP contribution in [0, 0.1) is 5.92 Å². The zero-order valence-electron chi connectivity index (χ0n) is 40.9. The second-order valence-electron chi connectivity index (χ2n) is 19.0. The highest BCUT2D eigenvalue weighted by Crippen LogP contribution is 2.17. The van der Waals surface area contributed by atoms with Crippen molar-refractivity contribution < 1.29 is 28.6 Å². The smallest absolute Gasteiger partial charge is 0.306 e. The Balaban J connectivity index is 4.24. The monoisotopic (exact) mass is 849 g/mol. The van der Waals surface area contributed by atoms with Crippen LogP contribution in [0.4, 0.5) is 0 Å². The number of hydrogen-bond donors (Lipinski definition) is 0. The van der Waals surface area contributed by atoms with Crippen LogP contribution in [0.1, 0.15) is 304 Å². The molecule has 6 nitrogen and oxygen atoms in total. The highest BCUT2D eigenvalue weighted by atomic mass is 16.6. The zero-order valence-corrected chi connectivity index (χ0v) is 40.9. The molecule has 0 aromatic heterocycles. The Bertz CT molecular complexity index is 903. The van der Waals surface area contributed by atoms with Gasteiger partial charge in [0.25, 0.3) is 0 Å². The lowest BCUT2D eigenvalue weighted by Gasteiger charge is -2.18. The fourth-order valence-electron chi connectivity index (χ4n) is 8.22. The number of carbonyl (C=O) groups excluding carboxylic acids is 3. The van der Waals surface area contributed by atoms with Crippen LogP contribution in [0.2, 0.25) is 0 Å². The summed E-state index contributed by atoms with van der Waals surface area (Å²) in [5.41, 5.74) is 0. The summed E-state index contributed by atoms with van der Waals surface area (Å²) >= 11 is 0. The van der Waals surface area contributed by atoms with Gasteiger partial charge in [0, 0.05) is 19.3 Å². The van der Waals surface area contributed by atoms with E-state index >= 15 is 0 Å². The molecule has 0 saturated heterocycles. The highest BCUT2D eigenvalue weighted by molar-refractivity contribution is 5.71. The lowest BCUT2D eigenvalue weighted by Crippen LogP contribution is -2.30. The summed E-state index contributed by atoms with van der Waals surface area (Å²) in [6.07, 6.45) is 50.9. The fraction of sp³-hybridized carbons (Fsp3) is 0.944. The van der Waals surface area contributed by atoms with Crippen LogP contribution in [0.25, 0.3) is 0 Å². The molecule has 0 aromatic carbocycles. The van der Waals surface area contributed by atoms with Crippen molar-refractivity contribution >= 4 is 17.9 Å².